The Morgan fingerprint density at radius 1 is 1.37 bits per heavy atom. The zero-order valence-electron chi connectivity index (χ0n) is 10.6. The number of aromatic nitrogens is 2. The molecular weight excluding hydrogens is 247 g/mol. The van der Waals surface area contributed by atoms with E-state index in [1.54, 1.807) is 22.9 Å². The first-order valence-corrected chi connectivity index (χ1v) is 6.08. The third-order valence-corrected chi connectivity index (χ3v) is 2.95. The lowest BCUT2D eigenvalue weighted by Gasteiger charge is -2.04. The van der Waals surface area contributed by atoms with Crippen LogP contribution in [0, 0.1) is 12.7 Å². The number of nitrogens with zero attached hydrogens (tertiary/aromatic N) is 2. The van der Waals surface area contributed by atoms with Gasteiger partial charge in [0.25, 0.3) is 0 Å². The van der Waals surface area contributed by atoms with Gasteiger partial charge in [-0.3, -0.25) is 4.68 Å². The molecule has 0 atom stereocenters. The van der Waals surface area contributed by atoms with Crippen molar-refractivity contribution in [1.82, 2.24) is 9.78 Å². The van der Waals surface area contributed by atoms with Gasteiger partial charge in [-0.2, -0.15) is 5.10 Å². The molecule has 2 aromatic rings. The normalized spacial score (nSPS) is 10.6. The molecule has 19 heavy (non-hydrogen) atoms. The Morgan fingerprint density at radius 2 is 2.05 bits per heavy atom. The van der Waals surface area contributed by atoms with Crippen LogP contribution in [-0.4, -0.2) is 20.9 Å². The summed E-state index contributed by atoms with van der Waals surface area (Å²) in [5, 5.41) is 12.9. The maximum atomic E-state index is 12.7. The summed E-state index contributed by atoms with van der Waals surface area (Å²) < 4.78 is 14.4. The number of aryl methyl sites for hydroxylation is 3. The fraction of sp³-hybridized carbons (Fsp3) is 0.286. The number of benzene rings is 1. The molecule has 0 spiro atoms. The Morgan fingerprint density at radius 3 is 2.63 bits per heavy atom. The van der Waals surface area contributed by atoms with Crippen molar-refractivity contribution < 1.29 is 14.3 Å². The van der Waals surface area contributed by atoms with Gasteiger partial charge in [0.15, 0.2) is 5.69 Å². The van der Waals surface area contributed by atoms with Crippen molar-refractivity contribution in [2.75, 3.05) is 0 Å². The van der Waals surface area contributed by atoms with E-state index in [0.29, 0.717) is 6.54 Å². The number of aromatic carboxylic acids is 1. The van der Waals surface area contributed by atoms with E-state index in [-0.39, 0.29) is 11.5 Å². The van der Waals surface area contributed by atoms with Gasteiger partial charge in [0.1, 0.15) is 5.82 Å². The quantitative estimate of drug-likeness (QED) is 0.901. The molecule has 1 N–H and O–H groups in total. The molecule has 0 amide bonds. The Hall–Kier alpha value is -2.17. The first kappa shape index (κ1) is 13.3. The summed E-state index contributed by atoms with van der Waals surface area (Å²) in [5.41, 5.74) is 1.96. The minimum atomic E-state index is -1.01. The average molecular weight is 262 g/mol. The highest BCUT2D eigenvalue weighted by Gasteiger charge is 2.09. The summed E-state index contributed by atoms with van der Waals surface area (Å²) >= 11 is 0. The third-order valence-electron chi connectivity index (χ3n) is 2.95. The van der Waals surface area contributed by atoms with Gasteiger partial charge in [0, 0.05) is 12.2 Å². The molecule has 0 radical (unpaired) electrons. The van der Waals surface area contributed by atoms with E-state index in [1.807, 2.05) is 6.92 Å². The van der Waals surface area contributed by atoms with E-state index in [4.69, 9.17) is 5.11 Å². The second-order valence-electron chi connectivity index (χ2n) is 4.43. The lowest BCUT2D eigenvalue weighted by molar-refractivity contribution is 0.0689. The van der Waals surface area contributed by atoms with Gasteiger partial charge in [-0.1, -0.05) is 12.1 Å². The molecule has 1 heterocycles. The van der Waals surface area contributed by atoms with Crippen LogP contribution in [0.3, 0.4) is 0 Å². The van der Waals surface area contributed by atoms with Crippen LogP contribution in [-0.2, 0) is 13.0 Å². The van der Waals surface area contributed by atoms with E-state index >= 15 is 0 Å². The largest absolute Gasteiger partial charge is 0.476 e. The molecule has 0 bridgehead atoms. The molecule has 1 aromatic heterocycles. The van der Waals surface area contributed by atoms with E-state index in [1.165, 1.54) is 12.1 Å². The van der Waals surface area contributed by atoms with Gasteiger partial charge in [-0.05, 0) is 43.5 Å². The molecular formula is C14H15FN2O2. The van der Waals surface area contributed by atoms with Crippen LogP contribution in [0.5, 0.6) is 0 Å². The minimum Gasteiger partial charge on any atom is -0.476 e. The Kier molecular flexibility index (Phi) is 3.94. The Bertz CT molecular complexity index is 576. The lowest BCUT2D eigenvalue weighted by Crippen LogP contribution is -2.05. The zero-order valence-corrected chi connectivity index (χ0v) is 10.6. The number of carboxylic acids is 1. The van der Waals surface area contributed by atoms with Gasteiger partial charge in [0.2, 0.25) is 0 Å². The maximum absolute atomic E-state index is 12.7. The number of carbonyl (C=O) groups is 1. The van der Waals surface area contributed by atoms with Crippen LogP contribution in [0.15, 0.2) is 30.3 Å². The van der Waals surface area contributed by atoms with Gasteiger partial charge >= 0.3 is 5.97 Å². The first-order valence-electron chi connectivity index (χ1n) is 6.08. The summed E-state index contributed by atoms with van der Waals surface area (Å²) in [5.74, 6) is -1.25. The third kappa shape index (κ3) is 3.40. The molecule has 5 heteroatoms. The summed E-state index contributed by atoms with van der Waals surface area (Å²) in [6.45, 7) is 2.48. The highest BCUT2D eigenvalue weighted by molar-refractivity contribution is 5.85. The number of rotatable bonds is 5. The average Bonchev–Trinajstić information content (AvgIpc) is 2.74. The second kappa shape index (κ2) is 5.65. The number of halogens is 1. The van der Waals surface area contributed by atoms with Crippen LogP contribution in [0.25, 0.3) is 0 Å². The SMILES string of the molecule is Cc1cc(C(=O)O)nn1CCCc1ccc(F)cc1. The zero-order chi connectivity index (χ0) is 13.8. The molecule has 4 nitrogen and oxygen atoms in total. The molecule has 0 fully saturated rings. The van der Waals surface area contributed by atoms with Crippen molar-refractivity contribution in [3.63, 3.8) is 0 Å². The van der Waals surface area contributed by atoms with Gasteiger partial charge in [-0.15, -0.1) is 0 Å². The smallest absolute Gasteiger partial charge is 0.356 e. The van der Waals surface area contributed by atoms with Crippen LogP contribution in [0.1, 0.15) is 28.2 Å². The highest BCUT2D eigenvalue weighted by Crippen LogP contribution is 2.08. The monoisotopic (exact) mass is 262 g/mol. The van der Waals surface area contributed by atoms with Crippen molar-refractivity contribution in [2.45, 2.75) is 26.3 Å². The van der Waals surface area contributed by atoms with E-state index in [0.717, 1.165) is 24.1 Å². The molecule has 100 valence electrons. The molecule has 0 aliphatic carbocycles. The van der Waals surface area contributed by atoms with E-state index in [9.17, 15) is 9.18 Å². The summed E-state index contributed by atoms with van der Waals surface area (Å²) in [6, 6.07) is 7.95. The Balaban J connectivity index is 1.92. The molecule has 0 saturated heterocycles. The standard InChI is InChI=1S/C14H15FN2O2/c1-10-9-13(14(18)19)16-17(10)8-2-3-11-4-6-12(15)7-5-11/h4-7,9H,2-3,8H2,1H3,(H,18,19). The van der Waals surface area contributed by atoms with Crippen LogP contribution in [0.4, 0.5) is 4.39 Å². The van der Waals surface area contributed by atoms with Crippen molar-refractivity contribution in [3.8, 4) is 0 Å². The summed E-state index contributed by atoms with van der Waals surface area (Å²) in [6.07, 6.45) is 1.63. The van der Waals surface area contributed by atoms with Crippen molar-refractivity contribution >= 4 is 5.97 Å². The van der Waals surface area contributed by atoms with Crippen LogP contribution in [0.2, 0.25) is 0 Å². The number of hydrogen-bond acceptors (Lipinski definition) is 2. The summed E-state index contributed by atoms with van der Waals surface area (Å²) in [4.78, 5) is 10.8. The van der Waals surface area contributed by atoms with Crippen LogP contribution >= 0.6 is 0 Å². The highest BCUT2D eigenvalue weighted by atomic mass is 19.1. The number of carboxylic acid groups (broad SMARTS) is 1. The van der Waals surface area contributed by atoms with Crippen LogP contribution < -0.4 is 0 Å². The lowest BCUT2D eigenvalue weighted by atomic mass is 10.1. The molecule has 0 saturated carbocycles. The van der Waals surface area contributed by atoms with Crippen molar-refractivity contribution in [1.29, 1.82) is 0 Å². The van der Waals surface area contributed by atoms with Gasteiger partial charge in [-0.25, -0.2) is 9.18 Å². The molecule has 1 aromatic carbocycles. The predicted octanol–water partition coefficient (Wildman–Crippen LogP) is 2.66. The van der Waals surface area contributed by atoms with E-state index in [2.05, 4.69) is 5.10 Å². The first-order chi connectivity index (χ1) is 9.06. The van der Waals surface area contributed by atoms with E-state index < -0.39 is 5.97 Å². The molecule has 2 rings (SSSR count). The second-order valence-corrected chi connectivity index (χ2v) is 4.43. The maximum Gasteiger partial charge on any atom is 0.356 e. The molecule has 0 aliphatic rings. The van der Waals surface area contributed by atoms with Gasteiger partial charge in [0.05, 0.1) is 0 Å². The van der Waals surface area contributed by atoms with Crippen molar-refractivity contribution in [3.05, 3.63) is 53.1 Å². The minimum absolute atomic E-state index is 0.0688. The molecule has 0 aliphatic heterocycles. The predicted molar refractivity (Wildman–Crippen MR) is 68.6 cm³/mol. The fourth-order valence-corrected chi connectivity index (χ4v) is 1.93. The fourth-order valence-electron chi connectivity index (χ4n) is 1.93. The summed E-state index contributed by atoms with van der Waals surface area (Å²) in [7, 11) is 0. The topological polar surface area (TPSA) is 55.1 Å². The van der Waals surface area contributed by atoms with Crippen molar-refractivity contribution in [2.24, 2.45) is 0 Å². The van der Waals surface area contributed by atoms with Gasteiger partial charge < -0.3 is 5.11 Å². The Labute approximate surface area is 110 Å². The molecule has 0 unspecified atom stereocenters. The number of hydrogen-bond donors (Lipinski definition) is 1.